The van der Waals surface area contributed by atoms with Crippen LogP contribution >= 0.6 is 0 Å². The maximum absolute atomic E-state index is 13.0. The van der Waals surface area contributed by atoms with Crippen molar-refractivity contribution >= 4 is 11.6 Å². The summed E-state index contributed by atoms with van der Waals surface area (Å²) in [5, 5.41) is 13.6. The highest BCUT2D eigenvalue weighted by atomic mass is 16.3. The molecule has 0 spiro atoms. The van der Waals surface area contributed by atoms with Gasteiger partial charge in [-0.1, -0.05) is 13.8 Å². The van der Waals surface area contributed by atoms with Gasteiger partial charge in [0.15, 0.2) is 5.65 Å². The van der Waals surface area contributed by atoms with Crippen LogP contribution in [0.5, 0.6) is 0 Å². The lowest BCUT2D eigenvalue weighted by molar-refractivity contribution is 0.0502. The van der Waals surface area contributed by atoms with Crippen molar-refractivity contribution in [3.63, 3.8) is 0 Å². The minimum atomic E-state index is -0.0370. The van der Waals surface area contributed by atoms with E-state index < -0.39 is 0 Å². The molecule has 1 aliphatic rings. The van der Waals surface area contributed by atoms with Crippen LogP contribution in [-0.2, 0) is 6.54 Å². The molecule has 27 heavy (non-hydrogen) atoms. The summed E-state index contributed by atoms with van der Waals surface area (Å²) < 4.78 is 1.70. The largest absolute Gasteiger partial charge is 0.396 e. The lowest BCUT2D eigenvalue weighted by atomic mass is 10.1. The van der Waals surface area contributed by atoms with Gasteiger partial charge in [0, 0.05) is 56.8 Å². The summed E-state index contributed by atoms with van der Waals surface area (Å²) in [5.74, 6) is -0.0370. The monoisotopic (exact) mass is 374 g/mol. The molecule has 3 heterocycles. The average Bonchev–Trinajstić information content (AvgIpc) is 3.10. The molecule has 0 radical (unpaired) electrons. The van der Waals surface area contributed by atoms with Gasteiger partial charge in [-0.25, -0.2) is 9.50 Å². The zero-order valence-corrected chi connectivity index (χ0v) is 16.5. The van der Waals surface area contributed by atoms with Gasteiger partial charge in [-0.15, -0.1) is 0 Å². The first-order chi connectivity index (χ1) is 13.1. The topological polar surface area (TPSA) is 77.2 Å². The maximum atomic E-state index is 13.0. The number of aliphatic hydroxyl groups is 1. The Morgan fingerprint density at radius 2 is 2.07 bits per heavy atom. The van der Waals surface area contributed by atoms with Gasteiger partial charge in [0.25, 0.3) is 5.91 Å². The number of aromatic nitrogens is 3. The Morgan fingerprint density at radius 1 is 1.30 bits per heavy atom. The van der Waals surface area contributed by atoms with Gasteiger partial charge in [-0.2, -0.15) is 5.10 Å². The number of rotatable bonds is 7. The van der Waals surface area contributed by atoms with E-state index in [0.29, 0.717) is 30.7 Å². The quantitative estimate of drug-likeness (QED) is 0.769. The number of piperazine rings is 1. The number of fused-ring (bicyclic) bond motifs is 1. The first kappa shape index (κ1) is 19.7. The van der Waals surface area contributed by atoms with Gasteiger partial charge < -0.3 is 10.0 Å². The molecule has 8 nitrogen and oxygen atoms in total. The van der Waals surface area contributed by atoms with E-state index in [1.165, 1.54) is 0 Å². The molecule has 0 unspecified atom stereocenters. The number of likely N-dealkylation sites (N-methyl/N-ethyl adjacent to an activating group) is 1. The second kappa shape index (κ2) is 8.77. The van der Waals surface area contributed by atoms with Crippen LogP contribution in [0.25, 0.3) is 5.65 Å². The van der Waals surface area contributed by atoms with Crippen LogP contribution < -0.4 is 0 Å². The molecule has 0 aliphatic carbocycles. The molecule has 1 N–H and O–H groups in total. The zero-order chi connectivity index (χ0) is 19.4. The highest BCUT2D eigenvalue weighted by molar-refractivity contribution is 5.99. The number of amides is 1. The summed E-state index contributed by atoms with van der Waals surface area (Å²) in [5.41, 5.74) is 2.22. The maximum Gasteiger partial charge on any atom is 0.259 e. The van der Waals surface area contributed by atoms with Crippen LogP contribution in [0.15, 0.2) is 18.6 Å². The van der Waals surface area contributed by atoms with Crippen molar-refractivity contribution in [2.45, 2.75) is 32.9 Å². The van der Waals surface area contributed by atoms with Gasteiger partial charge in [0.05, 0.1) is 6.20 Å². The number of aliphatic hydroxyl groups excluding tert-OH is 1. The summed E-state index contributed by atoms with van der Waals surface area (Å²) in [7, 11) is 2.04. The number of hydrogen-bond acceptors (Lipinski definition) is 6. The Kier molecular flexibility index (Phi) is 6.41. The third kappa shape index (κ3) is 4.28. The van der Waals surface area contributed by atoms with E-state index in [2.05, 4.69) is 33.7 Å². The smallest absolute Gasteiger partial charge is 0.259 e. The van der Waals surface area contributed by atoms with Crippen molar-refractivity contribution < 1.29 is 9.90 Å². The van der Waals surface area contributed by atoms with Crippen molar-refractivity contribution in [1.29, 1.82) is 0 Å². The van der Waals surface area contributed by atoms with E-state index in [-0.39, 0.29) is 18.6 Å². The van der Waals surface area contributed by atoms with Gasteiger partial charge in [0.2, 0.25) is 0 Å². The Hall–Kier alpha value is -2.03. The van der Waals surface area contributed by atoms with Crippen LogP contribution in [0.2, 0.25) is 0 Å². The zero-order valence-electron chi connectivity index (χ0n) is 16.5. The molecular formula is C19H30N6O2. The molecule has 1 saturated heterocycles. The second-order valence-corrected chi connectivity index (χ2v) is 7.15. The fourth-order valence-corrected chi connectivity index (χ4v) is 3.61. The fourth-order valence-electron chi connectivity index (χ4n) is 3.61. The van der Waals surface area contributed by atoms with Gasteiger partial charge in [-0.05, 0) is 26.6 Å². The molecule has 3 rings (SSSR count). The molecule has 1 fully saturated rings. The summed E-state index contributed by atoms with van der Waals surface area (Å²) in [6.07, 6.45) is 6.08. The van der Waals surface area contributed by atoms with Crippen LogP contribution in [0.3, 0.4) is 0 Å². The standard InChI is InChI=1S/C19H30N6O2/c1-4-23(5-2)12-15-10-20-18-17(11-21-25(18)13-15)19(27)24-8-7-22(3)16(14-24)6-9-26/h10-11,13,16,26H,4-9,12,14H2,1-3H3/t16-/m0/s1. The summed E-state index contributed by atoms with van der Waals surface area (Å²) in [6.45, 7) is 9.29. The third-order valence-electron chi connectivity index (χ3n) is 5.47. The summed E-state index contributed by atoms with van der Waals surface area (Å²) >= 11 is 0. The van der Waals surface area contributed by atoms with Gasteiger partial charge >= 0.3 is 0 Å². The lowest BCUT2D eigenvalue weighted by Gasteiger charge is -2.39. The van der Waals surface area contributed by atoms with Crippen LogP contribution in [0.4, 0.5) is 0 Å². The SMILES string of the molecule is CCN(CC)Cc1cnc2c(C(=O)N3CCN(C)[C@@H](CCO)C3)cnn2c1. The highest BCUT2D eigenvalue weighted by Gasteiger charge is 2.29. The Bertz CT molecular complexity index is 773. The Morgan fingerprint density at radius 3 is 2.78 bits per heavy atom. The molecule has 1 aliphatic heterocycles. The molecule has 0 aromatic carbocycles. The number of carbonyl (C=O) groups excluding carboxylic acids is 1. The minimum Gasteiger partial charge on any atom is -0.396 e. The third-order valence-corrected chi connectivity index (χ3v) is 5.47. The normalized spacial score (nSPS) is 18.6. The first-order valence-corrected chi connectivity index (χ1v) is 9.72. The van der Waals surface area contributed by atoms with Gasteiger partial charge in [-0.3, -0.25) is 14.6 Å². The van der Waals surface area contributed by atoms with Crippen LogP contribution in [-0.4, -0.2) is 92.7 Å². The van der Waals surface area contributed by atoms with E-state index in [4.69, 9.17) is 0 Å². The molecule has 2 aromatic rings. The van der Waals surface area contributed by atoms with Crippen LogP contribution in [0, 0.1) is 0 Å². The van der Waals surface area contributed by atoms with E-state index in [1.54, 1.807) is 10.7 Å². The van der Waals surface area contributed by atoms with E-state index >= 15 is 0 Å². The summed E-state index contributed by atoms with van der Waals surface area (Å²) in [6, 6.07) is 0.183. The summed E-state index contributed by atoms with van der Waals surface area (Å²) in [4.78, 5) is 23.9. The van der Waals surface area contributed by atoms with Crippen molar-refractivity contribution in [2.24, 2.45) is 0 Å². The van der Waals surface area contributed by atoms with Gasteiger partial charge in [0.1, 0.15) is 5.56 Å². The van der Waals surface area contributed by atoms with Crippen molar-refractivity contribution in [2.75, 3.05) is 46.4 Å². The number of nitrogens with zero attached hydrogens (tertiary/aromatic N) is 6. The van der Waals surface area contributed by atoms with Crippen LogP contribution in [0.1, 0.15) is 36.2 Å². The predicted octanol–water partition coefficient (Wildman–Crippen LogP) is 0.710. The molecule has 1 amide bonds. The Balaban J connectivity index is 1.77. The minimum absolute atomic E-state index is 0.0370. The Labute approximate surface area is 160 Å². The molecule has 0 bridgehead atoms. The fraction of sp³-hybridized carbons (Fsp3) is 0.632. The first-order valence-electron chi connectivity index (χ1n) is 9.72. The van der Waals surface area contributed by atoms with Crippen molar-refractivity contribution in [1.82, 2.24) is 29.3 Å². The number of carbonyl (C=O) groups is 1. The van der Waals surface area contributed by atoms with E-state index in [9.17, 15) is 9.90 Å². The van der Waals surface area contributed by atoms with Crippen molar-refractivity contribution in [3.05, 3.63) is 29.7 Å². The average molecular weight is 374 g/mol. The lowest BCUT2D eigenvalue weighted by Crippen LogP contribution is -2.53. The molecule has 148 valence electrons. The molecule has 1 atom stereocenters. The molecule has 0 saturated carbocycles. The predicted molar refractivity (Wildman–Crippen MR) is 104 cm³/mol. The number of hydrogen-bond donors (Lipinski definition) is 1. The molecular weight excluding hydrogens is 344 g/mol. The molecule has 8 heteroatoms. The highest BCUT2D eigenvalue weighted by Crippen LogP contribution is 2.17. The van der Waals surface area contributed by atoms with Crippen molar-refractivity contribution in [3.8, 4) is 0 Å². The van der Waals surface area contributed by atoms with E-state index in [1.807, 2.05) is 24.3 Å². The second-order valence-electron chi connectivity index (χ2n) is 7.15. The molecule has 2 aromatic heterocycles. The van der Waals surface area contributed by atoms with E-state index in [0.717, 1.165) is 31.7 Å².